The molecule has 0 spiro atoms. The fraction of sp³-hybridized carbons (Fsp3) is 0.167. The maximum Gasteiger partial charge on any atom is 0.158 e. The van der Waals surface area contributed by atoms with E-state index in [1.807, 2.05) is 24.3 Å². The molecule has 3 N–H and O–H groups in total. The molecule has 0 aliphatic carbocycles. The molecular formula is C12H13ClN4O. The third kappa shape index (κ3) is 3.40. The van der Waals surface area contributed by atoms with Gasteiger partial charge in [-0.3, -0.25) is 4.98 Å². The number of hydrogen-bond acceptors (Lipinski definition) is 5. The molecule has 1 heterocycles. The zero-order valence-electron chi connectivity index (χ0n) is 9.64. The van der Waals surface area contributed by atoms with E-state index in [-0.39, 0.29) is 0 Å². The highest BCUT2D eigenvalue weighted by Crippen LogP contribution is 2.16. The monoisotopic (exact) mass is 264 g/mol. The van der Waals surface area contributed by atoms with Crippen molar-refractivity contribution in [1.82, 2.24) is 9.97 Å². The smallest absolute Gasteiger partial charge is 0.158 e. The second kappa shape index (κ2) is 6.30. The zero-order valence-corrected chi connectivity index (χ0v) is 10.4. The van der Waals surface area contributed by atoms with Crippen LogP contribution in [0.4, 0.5) is 5.82 Å². The fourth-order valence-corrected chi connectivity index (χ4v) is 1.58. The first kappa shape index (κ1) is 12.8. The minimum Gasteiger partial charge on any atom is -0.370 e. The Morgan fingerprint density at radius 1 is 1.17 bits per heavy atom. The Kier molecular flexibility index (Phi) is 4.46. The molecule has 0 amide bonds. The van der Waals surface area contributed by atoms with Crippen molar-refractivity contribution in [2.75, 3.05) is 5.43 Å². The van der Waals surface area contributed by atoms with Crippen LogP contribution in [0.2, 0.25) is 5.02 Å². The van der Waals surface area contributed by atoms with Gasteiger partial charge in [0.1, 0.15) is 0 Å². The molecule has 0 radical (unpaired) electrons. The Morgan fingerprint density at radius 3 is 2.67 bits per heavy atom. The fourth-order valence-electron chi connectivity index (χ4n) is 1.38. The van der Waals surface area contributed by atoms with Crippen LogP contribution in [0.3, 0.4) is 0 Å². The lowest BCUT2D eigenvalue weighted by molar-refractivity contribution is 0.104. The van der Waals surface area contributed by atoms with Gasteiger partial charge in [-0.05, 0) is 11.6 Å². The van der Waals surface area contributed by atoms with Crippen LogP contribution < -0.4 is 11.3 Å². The number of hydrazine groups is 1. The molecule has 0 aliphatic heterocycles. The van der Waals surface area contributed by atoms with Gasteiger partial charge in [0.2, 0.25) is 0 Å². The summed E-state index contributed by atoms with van der Waals surface area (Å²) in [7, 11) is 0. The van der Waals surface area contributed by atoms with E-state index >= 15 is 0 Å². The third-order valence-electron chi connectivity index (χ3n) is 2.32. The molecule has 94 valence electrons. The average Bonchev–Trinajstić information content (AvgIpc) is 2.42. The minimum atomic E-state index is 0.378. The lowest BCUT2D eigenvalue weighted by Crippen LogP contribution is -2.09. The molecule has 0 aliphatic rings. The van der Waals surface area contributed by atoms with Crippen molar-refractivity contribution in [3.63, 3.8) is 0 Å². The summed E-state index contributed by atoms with van der Waals surface area (Å²) in [6.07, 6.45) is 3.16. The quantitative estimate of drug-likeness (QED) is 0.639. The molecular weight excluding hydrogens is 252 g/mol. The Bertz CT molecular complexity index is 504. The predicted molar refractivity (Wildman–Crippen MR) is 69.8 cm³/mol. The van der Waals surface area contributed by atoms with Gasteiger partial charge in [-0.2, -0.15) is 0 Å². The van der Waals surface area contributed by atoms with Gasteiger partial charge in [0, 0.05) is 5.02 Å². The molecule has 2 rings (SSSR count). The molecule has 0 saturated carbocycles. The topological polar surface area (TPSA) is 73.1 Å². The van der Waals surface area contributed by atoms with Gasteiger partial charge in [0.05, 0.1) is 31.3 Å². The highest BCUT2D eigenvalue weighted by molar-refractivity contribution is 6.31. The maximum atomic E-state index is 6.02. The Balaban J connectivity index is 1.86. The number of nitrogens with zero attached hydrogens (tertiary/aromatic N) is 2. The van der Waals surface area contributed by atoms with E-state index in [4.69, 9.17) is 22.2 Å². The molecule has 0 unspecified atom stereocenters. The van der Waals surface area contributed by atoms with Crippen LogP contribution in [0.25, 0.3) is 0 Å². The number of nitrogens with two attached hydrogens (primary N) is 1. The predicted octanol–water partition coefficient (Wildman–Crippen LogP) is 2.13. The van der Waals surface area contributed by atoms with Gasteiger partial charge in [-0.15, -0.1) is 0 Å². The number of nitrogen functional groups attached to an aromatic ring is 1. The molecule has 5 nitrogen and oxygen atoms in total. The SMILES string of the molecule is NNc1cnc(COCc2ccccc2Cl)cn1. The Hall–Kier alpha value is -1.69. The highest BCUT2D eigenvalue weighted by atomic mass is 35.5. The summed E-state index contributed by atoms with van der Waals surface area (Å²) in [5, 5.41) is 0.700. The van der Waals surface area contributed by atoms with E-state index in [1.165, 1.54) is 0 Å². The molecule has 6 heteroatoms. The van der Waals surface area contributed by atoms with Crippen LogP contribution in [0.15, 0.2) is 36.7 Å². The zero-order chi connectivity index (χ0) is 12.8. The first-order chi connectivity index (χ1) is 8.79. The summed E-state index contributed by atoms with van der Waals surface area (Å²) in [6.45, 7) is 0.821. The van der Waals surface area contributed by atoms with Gasteiger partial charge in [-0.25, -0.2) is 10.8 Å². The van der Waals surface area contributed by atoms with E-state index in [0.717, 1.165) is 11.3 Å². The summed E-state index contributed by atoms with van der Waals surface area (Å²) in [5.41, 5.74) is 4.10. The van der Waals surface area contributed by atoms with Crippen LogP contribution in [-0.4, -0.2) is 9.97 Å². The standard InChI is InChI=1S/C12H13ClN4O/c13-11-4-2-1-3-9(11)7-18-8-10-5-16-12(17-14)6-15-10/h1-6H,7-8,14H2,(H,16,17). The highest BCUT2D eigenvalue weighted by Gasteiger charge is 2.00. The van der Waals surface area contributed by atoms with E-state index in [2.05, 4.69) is 15.4 Å². The number of anilines is 1. The van der Waals surface area contributed by atoms with E-state index < -0.39 is 0 Å². The molecule has 0 atom stereocenters. The third-order valence-corrected chi connectivity index (χ3v) is 2.69. The van der Waals surface area contributed by atoms with Crippen molar-refractivity contribution >= 4 is 17.4 Å². The van der Waals surface area contributed by atoms with Crippen molar-refractivity contribution in [3.05, 3.63) is 52.9 Å². The molecule has 1 aromatic heterocycles. The number of benzene rings is 1. The van der Waals surface area contributed by atoms with Gasteiger partial charge in [-0.1, -0.05) is 29.8 Å². The van der Waals surface area contributed by atoms with E-state index in [9.17, 15) is 0 Å². The van der Waals surface area contributed by atoms with Crippen molar-refractivity contribution in [3.8, 4) is 0 Å². The average molecular weight is 265 g/mol. The molecule has 1 aromatic carbocycles. The summed E-state index contributed by atoms with van der Waals surface area (Å²) >= 11 is 6.02. The number of hydrogen-bond donors (Lipinski definition) is 2. The largest absolute Gasteiger partial charge is 0.370 e. The first-order valence-corrected chi connectivity index (χ1v) is 5.76. The van der Waals surface area contributed by atoms with Crippen molar-refractivity contribution in [2.45, 2.75) is 13.2 Å². The van der Waals surface area contributed by atoms with Gasteiger partial charge in [0.15, 0.2) is 5.82 Å². The van der Waals surface area contributed by atoms with Crippen LogP contribution >= 0.6 is 11.6 Å². The lowest BCUT2D eigenvalue weighted by atomic mass is 10.2. The van der Waals surface area contributed by atoms with Gasteiger partial charge in [0.25, 0.3) is 0 Å². The first-order valence-electron chi connectivity index (χ1n) is 5.38. The summed E-state index contributed by atoms with van der Waals surface area (Å²) in [4.78, 5) is 8.18. The van der Waals surface area contributed by atoms with Gasteiger partial charge >= 0.3 is 0 Å². The Morgan fingerprint density at radius 2 is 2.00 bits per heavy atom. The van der Waals surface area contributed by atoms with Crippen molar-refractivity contribution in [1.29, 1.82) is 0 Å². The summed E-state index contributed by atoms with van der Waals surface area (Å²) < 4.78 is 5.52. The van der Waals surface area contributed by atoms with Crippen LogP contribution in [0.5, 0.6) is 0 Å². The summed E-state index contributed by atoms with van der Waals surface area (Å²) in [6, 6.07) is 7.57. The normalized spacial score (nSPS) is 10.3. The maximum absolute atomic E-state index is 6.02. The second-order valence-electron chi connectivity index (χ2n) is 3.62. The number of ether oxygens (including phenoxy) is 1. The van der Waals surface area contributed by atoms with E-state index in [0.29, 0.717) is 24.1 Å². The van der Waals surface area contributed by atoms with E-state index in [1.54, 1.807) is 12.4 Å². The molecule has 0 saturated heterocycles. The molecule has 2 aromatic rings. The number of nitrogens with one attached hydrogen (secondary N) is 1. The number of aromatic nitrogens is 2. The van der Waals surface area contributed by atoms with Gasteiger partial charge < -0.3 is 10.2 Å². The van der Waals surface area contributed by atoms with Crippen molar-refractivity contribution in [2.24, 2.45) is 5.84 Å². The number of halogens is 1. The molecule has 0 fully saturated rings. The van der Waals surface area contributed by atoms with Crippen molar-refractivity contribution < 1.29 is 4.74 Å². The summed E-state index contributed by atoms with van der Waals surface area (Å²) in [5.74, 6) is 5.71. The second-order valence-corrected chi connectivity index (χ2v) is 4.03. The Labute approximate surface area is 110 Å². The van der Waals surface area contributed by atoms with Crippen LogP contribution in [-0.2, 0) is 18.0 Å². The lowest BCUT2D eigenvalue weighted by Gasteiger charge is -2.06. The van der Waals surface area contributed by atoms with Crippen LogP contribution in [0.1, 0.15) is 11.3 Å². The number of rotatable bonds is 5. The molecule has 18 heavy (non-hydrogen) atoms. The molecule has 0 bridgehead atoms. The minimum absolute atomic E-state index is 0.378. The van der Waals surface area contributed by atoms with Crippen LogP contribution in [0, 0.1) is 0 Å².